The standard InChI is InChI=1S/C19H28N4O2.HI/c1-2-20-19(21-15-16-7-4-3-5-8-16)23-12-10-22(11-13-23)18(24)17-9-6-14-25-17;/h3-5,7-8,17H,2,6,9-15H2,1H3,(H,20,21);1H. The highest BCUT2D eigenvalue weighted by atomic mass is 127. The Morgan fingerprint density at radius 2 is 1.88 bits per heavy atom. The molecular formula is C19H29IN4O2. The van der Waals surface area contributed by atoms with Crippen molar-refractivity contribution in [1.29, 1.82) is 0 Å². The number of guanidine groups is 1. The predicted octanol–water partition coefficient (Wildman–Crippen LogP) is 2.09. The summed E-state index contributed by atoms with van der Waals surface area (Å²) in [4.78, 5) is 21.4. The van der Waals surface area contributed by atoms with Gasteiger partial charge in [0.2, 0.25) is 0 Å². The fraction of sp³-hybridized carbons (Fsp3) is 0.579. The molecule has 2 heterocycles. The molecule has 0 radical (unpaired) electrons. The molecule has 1 aromatic rings. The van der Waals surface area contributed by atoms with Crippen molar-refractivity contribution in [3.8, 4) is 0 Å². The number of nitrogens with one attached hydrogen (secondary N) is 1. The quantitative estimate of drug-likeness (QED) is 0.415. The third-order valence-electron chi connectivity index (χ3n) is 4.69. The number of amides is 1. The van der Waals surface area contributed by atoms with E-state index >= 15 is 0 Å². The van der Waals surface area contributed by atoms with Gasteiger partial charge in [-0.25, -0.2) is 4.99 Å². The summed E-state index contributed by atoms with van der Waals surface area (Å²) in [6, 6.07) is 10.3. The smallest absolute Gasteiger partial charge is 0.251 e. The molecule has 1 aromatic carbocycles. The maximum Gasteiger partial charge on any atom is 0.251 e. The van der Waals surface area contributed by atoms with E-state index in [2.05, 4.69) is 29.3 Å². The molecule has 2 saturated heterocycles. The van der Waals surface area contributed by atoms with Gasteiger partial charge in [0.1, 0.15) is 6.10 Å². The number of hydrogen-bond donors (Lipinski definition) is 1. The highest BCUT2D eigenvalue weighted by Crippen LogP contribution is 2.16. The molecule has 0 aromatic heterocycles. The number of benzene rings is 1. The largest absolute Gasteiger partial charge is 0.368 e. The molecule has 1 N–H and O–H groups in total. The van der Waals surface area contributed by atoms with Gasteiger partial charge in [-0.05, 0) is 25.3 Å². The van der Waals surface area contributed by atoms with E-state index in [1.54, 1.807) is 0 Å². The monoisotopic (exact) mass is 472 g/mol. The first-order valence-corrected chi connectivity index (χ1v) is 9.25. The van der Waals surface area contributed by atoms with Crippen molar-refractivity contribution in [2.24, 2.45) is 4.99 Å². The molecule has 2 fully saturated rings. The zero-order chi connectivity index (χ0) is 17.5. The molecule has 1 amide bonds. The number of piperazine rings is 1. The first-order valence-electron chi connectivity index (χ1n) is 9.25. The maximum absolute atomic E-state index is 12.4. The van der Waals surface area contributed by atoms with Crippen LogP contribution in [-0.2, 0) is 16.1 Å². The third kappa shape index (κ3) is 5.57. The topological polar surface area (TPSA) is 57.2 Å². The van der Waals surface area contributed by atoms with Gasteiger partial charge >= 0.3 is 0 Å². The number of carbonyl (C=O) groups is 1. The summed E-state index contributed by atoms with van der Waals surface area (Å²) in [7, 11) is 0. The Kier molecular flexibility index (Phi) is 8.64. The normalized spacial score (nSPS) is 20.7. The molecule has 2 aliphatic heterocycles. The van der Waals surface area contributed by atoms with Crippen LogP contribution in [-0.4, -0.2) is 67.1 Å². The summed E-state index contributed by atoms with van der Waals surface area (Å²) < 4.78 is 5.53. The zero-order valence-electron chi connectivity index (χ0n) is 15.4. The number of rotatable bonds is 4. The molecule has 6 nitrogen and oxygen atoms in total. The van der Waals surface area contributed by atoms with E-state index < -0.39 is 0 Å². The first-order chi connectivity index (χ1) is 12.3. The minimum Gasteiger partial charge on any atom is -0.368 e. The lowest BCUT2D eigenvalue weighted by molar-refractivity contribution is -0.142. The lowest BCUT2D eigenvalue weighted by Crippen LogP contribution is -2.55. The Morgan fingerprint density at radius 1 is 1.19 bits per heavy atom. The SMILES string of the molecule is CCNC(=NCc1ccccc1)N1CCN(C(=O)C2CCCO2)CC1.I. The second-order valence-corrected chi connectivity index (χ2v) is 6.47. The summed E-state index contributed by atoms with van der Waals surface area (Å²) in [5.74, 6) is 1.08. The van der Waals surface area contributed by atoms with Gasteiger partial charge < -0.3 is 19.9 Å². The molecule has 3 rings (SSSR count). The number of hydrogen-bond acceptors (Lipinski definition) is 3. The Bertz CT molecular complexity index is 582. The summed E-state index contributed by atoms with van der Waals surface area (Å²) in [6.07, 6.45) is 1.64. The Morgan fingerprint density at radius 3 is 2.50 bits per heavy atom. The molecule has 1 unspecified atom stereocenters. The van der Waals surface area contributed by atoms with E-state index in [-0.39, 0.29) is 36.0 Å². The molecule has 2 aliphatic rings. The molecule has 0 saturated carbocycles. The van der Waals surface area contributed by atoms with Crippen LogP contribution >= 0.6 is 24.0 Å². The van der Waals surface area contributed by atoms with Gasteiger partial charge in [0.05, 0.1) is 6.54 Å². The molecule has 1 atom stereocenters. The number of nitrogens with zero attached hydrogens (tertiary/aromatic N) is 3. The molecule has 0 bridgehead atoms. The number of carbonyl (C=O) groups excluding carboxylic acids is 1. The van der Waals surface area contributed by atoms with E-state index in [0.29, 0.717) is 13.2 Å². The molecule has 7 heteroatoms. The van der Waals surface area contributed by atoms with Crippen molar-refractivity contribution in [2.45, 2.75) is 32.4 Å². The molecule has 144 valence electrons. The van der Waals surface area contributed by atoms with Crippen molar-refractivity contribution in [2.75, 3.05) is 39.3 Å². The Hall–Kier alpha value is -1.35. The van der Waals surface area contributed by atoms with Crippen molar-refractivity contribution in [3.05, 3.63) is 35.9 Å². The van der Waals surface area contributed by atoms with Gasteiger partial charge in [-0.15, -0.1) is 24.0 Å². The lowest BCUT2D eigenvalue weighted by atomic mass is 10.2. The van der Waals surface area contributed by atoms with Crippen LogP contribution in [0.2, 0.25) is 0 Å². The van der Waals surface area contributed by atoms with Gasteiger partial charge in [0.25, 0.3) is 5.91 Å². The highest BCUT2D eigenvalue weighted by Gasteiger charge is 2.30. The summed E-state index contributed by atoms with van der Waals surface area (Å²) in [5.41, 5.74) is 1.20. The Labute approximate surface area is 173 Å². The van der Waals surface area contributed by atoms with Gasteiger partial charge in [0, 0.05) is 39.3 Å². The van der Waals surface area contributed by atoms with Crippen molar-refractivity contribution >= 4 is 35.8 Å². The fourth-order valence-corrected chi connectivity index (χ4v) is 3.29. The number of halogens is 1. The predicted molar refractivity (Wildman–Crippen MR) is 114 cm³/mol. The van der Waals surface area contributed by atoms with Crippen molar-refractivity contribution in [3.63, 3.8) is 0 Å². The first kappa shape index (κ1) is 21.0. The average Bonchev–Trinajstić information content (AvgIpc) is 3.20. The van der Waals surface area contributed by atoms with Crippen LogP contribution in [0.1, 0.15) is 25.3 Å². The third-order valence-corrected chi connectivity index (χ3v) is 4.69. The van der Waals surface area contributed by atoms with Crippen LogP contribution in [0.15, 0.2) is 35.3 Å². The van der Waals surface area contributed by atoms with E-state index in [1.165, 1.54) is 5.56 Å². The average molecular weight is 472 g/mol. The van der Waals surface area contributed by atoms with Crippen molar-refractivity contribution < 1.29 is 9.53 Å². The summed E-state index contributed by atoms with van der Waals surface area (Å²) in [6.45, 7) is 7.37. The van der Waals surface area contributed by atoms with Crippen LogP contribution in [0.3, 0.4) is 0 Å². The van der Waals surface area contributed by atoms with Crippen LogP contribution < -0.4 is 5.32 Å². The summed E-state index contributed by atoms with van der Waals surface area (Å²) in [5, 5.41) is 3.37. The van der Waals surface area contributed by atoms with E-state index in [4.69, 9.17) is 9.73 Å². The van der Waals surface area contributed by atoms with Gasteiger partial charge in [-0.1, -0.05) is 30.3 Å². The number of ether oxygens (including phenoxy) is 1. The lowest BCUT2D eigenvalue weighted by Gasteiger charge is -2.37. The maximum atomic E-state index is 12.4. The van der Waals surface area contributed by atoms with E-state index in [9.17, 15) is 4.79 Å². The molecule has 0 spiro atoms. The second-order valence-electron chi connectivity index (χ2n) is 6.47. The van der Waals surface area contributed by atoms with Gasteiger partial charge in [0.15, 0.2) is 5.96 Å². The van der Waals surface area contributed by atoms with E-state index in [0.717, 1.165) is 51.5 Å². The van der Waals surface area contributed by atoms with E-state index in [1.807, 2.05) is 23.1 Å². The zero-order valence-corrected chi connectivity index (χ0v) is 17.7. The van der Waals surface area contributed by atoms with Gasteiger partial charge in [-0.3, -0.25) is 4.79 Å². The van der Waals surface area contributed by atoms with Crippen LogP contribution in [0.25, 0.3) is 0 Å². The van der Waals surface area contributed by atoms with Crippen LogP contribution in [0.4, 0.5) is 0 Å². The highest BCUT2D eigenvalue weighted by molar-refractivity contribution is 14.0. The molecule has 0 aliphatic carbocycles. The molecule has 26 heavy (non-hydrogen) atoms. The minimum absolute atomic E-state index is 0. The fourth-order valence-electron chi connectivity index (χ4n) is 3.29. The van der Waals surface area contributed by atoms with Crippen LogP contribution in [0, 0.1) is 0 Å². The molecular weight excluding hydrogens is 443 g/mol. The second kappa shape index (κ2) is 10.7. The number of aliphatic imine (C=N–C) groups is 1. The van der Waals surface area contributed by atoms with Crippen molar-refractivity contribution in [1.82, 2.24) is 15.1 Å². The van der Waals surface area contributed by atoms with Crippen LogP contribution in [0.5, 0.6) is 0 Å². The Balaban J connectivity index is 0.00000243. The minimum atomic E-state index is -0.216. The summed E-state index contributed by atoms with van der Waals surface area (Å²) >= 11 is 0. The van der Waals surface area contributed by atoms with Gasteiger partial charge in [-0.2, -0.15) is 0 Å².